The third-order valence-corrected chi connectivity index (χ3v) is 4.38. The molecule has 1 aromatic heterocycles. The maximum atomic E-state index is 13.6. The van der Waals surface area contributed by atoms with Crippen LogP contribution in [-0.4, -0.2) is 24.8 Å². The first kappa shape index (κ1) is 17.3. The van der Waals surface area contributed by atoms with Gasteiger partial charge in [0.2, 0.25) is 0 Å². The van der Waals surface area contributed by atoms with E-state index >= 15 is 0 Å². The molecular weight excluding hydrogens is 371 g/mol. The van der Waals surface area contributed by atoms with E-state index in [1.807, 2.05) is 0 Å². The lowest BCUT2D eigenvalue weighted by Crippen LogP contribution is -2.06. The van der Waals surface area contributed by atoms with Crippen molar-refractivity contribution >= 4 is 50.9 Å². The van der Waals surface area contributed by atoms with E-state index in [2.05, 4.69) is 10.3 Å². The highest BCUT2D eigenvalue weighted by Crippen LogP contribution is 2.33. The Balaban J connectivity index is 2.25. The van der Waals surface area contributed by atoms with Crippen LogP contribution in [0.1, 0.15) is 10.4 Å². The smallest absolute Gasteiger partial charge is 0.337 e. The van der Waals surface area contributed by atoms with E-state index in [-0.39, 0.29) is 32.2 Å². The van der Waals surface area contributed by atoms with Gasteiger partial charge in [0.05, 0.1) is 22.5 Å². The van der Waals surface area contributed by atoms with Crippen molar-refractivity contribution in [3.63, 3.8) is 0 Å². The Morgan fingerprint density at radius 3 is 2.68 bits per heavy atom. The maximum Gasteiger partial charge on any atom is 0.337 e. The van der Waals surface area contributed by atoms with Crippen molar-refractivity contribution in [1.82, 2.24) is 4.98 Å². The van der Waals surface area contributed by atoms with Crippen LogP contribution in [0, 0.1) is 5.82 Å². The molecule has 3 aromatic rings. The number of anilines is 2. The van der Waals surface area contributed by atoms with E-state index in [1.54, 1.807) is 0 Å². The molecule has 9 heteroatoms. The summed E-state index contributed by atoms with van der Waals surface area (Å²) in [6.45, 7) is 0. The molecule has 2 aromatic carbocycles. The molecule has 3 rings (SSSR count). The Morgan fingerprint density at radius 1 is 1.24 bits per heavy atom. The van der Waals surface area contributed by atoms with Crippen LogP contribution in [0.3, 0.4) is 0 Å². The number of nitrogens with zero attached hydrogens (tertiary/aromatic N) is 1. The Kier molecular flexibility index (Phi) is 4.67. The minimum absolute atomic E-state index is 0.0927. The van der Waals surface area contributed by atoms with E-state index in [1.165, 1.54) is 36.5 Å². The summed E-state index contributed by atoms with van der Waals surface area (Å²) in [5, 5.41) is 12.6. The van der Waals surface area contributed by atoms with Gasteiger partial charge in [-0.3, -0.25) is 4.98 Å². The van der Waals surface area contributed by atoms with Crippen molar-refractivity contribution in [2.45, 2.75) is 4.90 Å². The van der Waals surface area contributed by atoms with Crippen LogP contribution in [0.5, 0.6) is 0 Å². The Hall–Kier alpha value is -2.55. The zero-order chi connectivity index (χ0) is 18.1. The number of hydrogen-bond donors (Lipinski definition) is 3. The number of aromatic nitrogens is 1. The third kappa shape index (κ3) is 3.46. The minimum Gasteiger partial charge on any atom is -0.478 e. The number of carboxylic acids is 1. The molecule has 128 valence electrons. The van der Waals surface area contributed by atoms with Crippen LogP contribution in [0.2, 0.25) is 5.02 Å². The lowest BCUT2D eigenvalue weighted by molar-refractivity contribution is 0.0698. The molecule has 0 bridgehead atoms. The van der Waals surface area contributed by atoms with Gasteiger partial charge in [-0.25, -0.2) is 13.4 Å². The first-order chi connectivity index (χ1) is 11.9. The average Bonchev–Trinajstić information content (AvgIpc) is 2.56. The quantitative estimate of drug-likeness (QED) is 0.590. The molecule has 0 saturated heterocycles. The summed E-state index contributed by atoms with van der Waals surface area (Å²) in [5.41, 5.74) is 0.475. The molecule has 0 aliphatic rings. The van der Waals surface area contributed by atoms with Crippen molar-refractivity contribution < 1.29 is 23.1 Å². The second-order valence-electron chi connectivity index (χ2n) is 5.03. The van der Waals surface area contributed by atoms with Crippen LogP contribution in [-0.2, 0) is 11.1 Å². The zero-order valence-corrected chi connectivity index (χ0v) is 13.9. The van der Waals surface area contributed by atoms with Crippen LogP contribution >= 0.6 is 11.6 Å². The summed E-state index contributed by atoms with van der Waals surface area (Å²) < 4.78 is 34.8. The summed E-state index contributed by atoms with van der Waals surface area (Å²) in [4.78, 5) is 15.3. The van der Waals surface area contributed by atoms with E-state index in [0.717, 1.165) is 6.07 Å². The summed E-state index contributed by atoms with van der Waals surface area (Å²) in [5.74, 6) is -1.80. The van der Waals surface area contributed by atoms with Crippen LogP contribution in [0.25, 0.3) is 10.9 Å². The first-order valence-electron chi connectivity index (χ1n) is 6.86. The number of hydrogen-bond acceptors (Lipinski definition) is 4. The molecule has 0 amide bonds. The highest BCUT2D eigenvalue weighted by atomic mass is 35.5. The van der Waals surface area contributed by atoms with Crippen molar-refractivity contribution in [3.8, 4) is 0 Å². The molecule has 0 fully saturated rings. The van der Waals surface area contributed by atoms with Crippen LogP contribution in [0.15, 0.2) is 47.5 Å². The van der Waals surface area contributed by atoms with Gasteiger partial charge in [0.25, 0.3) is 0 Å². The van der Waals surface area contributed by atoms with Crippen molar-refractivity contribution in [3.05, 3.63) is 59.0 Å². The molecule has 1 atom stereocenters. The topological polar surface area (TPSA) is 99.5 Å². The highest BCUT2D eigenvalue weighted by Gasteiger charge is 2.17. The summed E-state index contributed by atoms with van der Waals surface area (Å²) in [6.07, 6.45) is 1.18. The van der Waals surface area contributed by atoms with E-state index in [9.17, 15) is 23.1 Å². The monoisotopic (exact) mass is 380 g/mol. The molecule has 0 spiro atoms. The number of rotatable bonds is 4. The molecule has 1 unspecified atom stereocenters. The highest BCUT2D eigenvalue weighted by molar-refractivity contribution is 7.79. The second kappa shape index (κ2) is 6.75. The van der Waals surface area contributed by atoms with Gasteiger partial charge in [0.1, 0.15) is 10.7 Å². The lowest BCUT2D eigenvalue weighted by atomic mass is 10.1. The Bertz CT molecular complexity index is 1030. The van der Waals surface area contributed by atoms with Gasteiger partial charge in [-0.2, -0.15) is 0 Å². The normalized spacial score (nSPS) is 12.1. The Labute approximate surface area is 148 Å². The van der Waals surface area contributed by atoms with Crippen molar-refractivity contribution in [1.29, 1.82) is 0 Å². The van der Waals surface area contributed by atoms with E-state index in [0.29, 0.717) is 5.52 Å². The number of nitrogens with one attached hydrogen (secondary N) is 1. The van der Waals surface area contributed by atoms with Crippen molar-refractivity contribution in [2.75, 3.05) is 5.32 Å². The van der Waals surface area contributed by atoms with E-state index in [4.69, 9.17) is 11.6 Å². The summed E-state index contributed by atoms with van der Waals surface area (Å²) >= 11 is 3.40. The lowest BCUT2D eigenvalue weighted by Gasteiger charge is -2.15. The summed E-state index contributed by atoms with van der Waals surface area (Å²) in [6, 6.07) is 7.90. The SMILES string of the molecule is O=C(O)c1cc(Cl)ccc1Nc1c(S(=O)O)cnc2ccc(F)cc12. The number of carbonyl (C=O) groups is 1. The van der Waals surface area contributed by atoms with Gasteiger partial charge in [-0.15, -0.1) is 0 Å². The largest absolute Gasteiger partial charge is 0.478 e. The standard InChI is InChI=1S/C16H10ClFN2O4S/c17-8-1-3-13(11(5-8)16(21)22)20-15-10-6-9(18)2-4-12(10)19-7-14(15)25(23)24/h1-7H,(H,19,20)(H,21,22)(H,23,24). The molecular formula is C16H10ClFN2O4S. The van der Waals surface area contributed by atoms with Crippen LogP contribution < -0.4 is 5.32 Å². The second-order valence-corrected chi connectivity index (χ2v) is 6.40. The van der Waals surface area contributed by atoms with Gasteiger partial charge in [0.15, 0.2) is 11.1 Å². The molecule has 0 radical (unpaired) electrons. The number of benzene rings is 2. The van der Waals surface area contributed by atoms with Crippen LogP contribution in [0.4, 0.5) is 15.8 Å². The fourth-order valence-electron chi connectivity index (χ4n) is 2.34. The number of pyridine rings is 1. The number of fused-ring (bicyclic) bond motifs is 1. The molecule has 0 aliphatic heterocycles. The predicted octanol–water partition coefficient (Wildman–Crippen LogP) is 4.05. The first-order valence-corrected chi connectivity index (χ1v) is 8.34. The zero-order valence-electron chi connectivity index (χ0n) is 12.4. The average molecular weight is 381 g/mol. The van der Waals surface area contributed by atoms with Gasteiger partial charge in [0, 0.05) is 16.6 Å². The van der Waals surface area contributed by atoms with E-state index < -0.39 is 22.9 Å². The minimum atomic E-state index is -2.42. The number of aromatic carboxylic acids is 1. The van der Waals surface area contributed by atoms with Gasteiger partial charge >= 0.3 is 5.97 Å². The number of halogens is 2. The predicted molar refractivity (Wildman–Crippen MR) is 92.4 cm³/mol. The summed E-state index contributed by atoms with van der Waals surface area (Å²) in [7, 11) is 0. The third-order valence-electron chi connectivity index (χ3n) is 3.46. The Morgan fingerprint density at radius 2 is 2.00 bits per heavy atom. The van der Waals surface area contributed by atoms with Gasteiger partial charge in [-0.05, 0) is 36.4 Å². The fourth-order valence-corrected chi connectivity index (χ4v) is 3.00. The molecule has 0 saturated carbocycles. The molecule has 1 heterocycles. The molecule has 25 heavy (non-hydrogen) atoms. The number of carboxylic acid groups (broad SMARTS) is 1. The molecule has 0 aliphatic carbocycles. The fraction of sp³-hybridized carbons (Fsp3) is 0. The molecule has 3 N–H and O–H groups in total. The molecule has 6 nitrogen and oxygen atoms in total. The van der Waals surface area contributed by atoms with Gasteiger partial charge < -0.3 is 15.0 Å². The maximum absolute atomic E-state index is 13.6. The van der Waals surface area contributed by atoms with Crippen molar-refractivity contribution in [2.24, 2.45) is 0 Å². The van der Waals surface area contributed by atoms with Gasteiger partial charge in [-0.1, -0.05) is 11.6 Å².